The monoisotopic (exact) mass is 786 g/mol. The molecule has 0 saturated carbocycles. The first-order chi connectivity index (χ1) is 27.7. The van der Waals surface area contributed by atoms with Crippen molar-refractivity contribution >= 4 is 63.6 Å². The predicted molar refractivity (Wildman–Crippen MR) is 212 cm³/mol. The topological polar surface area (TPSA) is 170 Å². The normalized spacial score (nSPS) is 20.3. The van der Waals surface area contributed by atoms with Crippen LogP contribution < -0.4 is 20.3 Å². The van der Waals surface area contributed by atoms with Crippen molar-refractivity contribution in [3.05, 3.63) is 107 Å². The number of carbonyl (C=O) groups excluding carboxylic acids is 5. The minimum Gasteiger partial charge on any atom is -0.457 e. The van der Waals surface area contributed by atoms with Gasteiger partial charge in [0, 0.05) is 68.7 Å². The molecule has 57 heavy (non-hydrogen) atoms. The maximum absolute atomic E-state index is 13.9. The summed E-state index contributed by atoms with van der Waals surface area (Å²) in [6, 6.07) is 18.9. The number of benzene rings is 3. The molecule has 9 rings (SSSR count). The van der Waals surface area contributed by atoms with E-state index in [4.69, 9.17) is 16.3 Å². The molecule has 3 N–H and O–H groups in total. The Balaban J connectivity index is 0.802. The van der Waals surface area contributed by atoms with Crippen molar-refractivity contribution in [1.82, 2.24) is 30.1 Å². The summed E-state index contributed by atoms with van der Waals surface area (Å²) in [5, 5.41) is 6.75. The molecule has 14 nitrogen and oxygen atoms in total. The number of piperidine rings is 2. The molecule has 0 bridgehead atoms. The molecule has 6 heterocycles. The summed E-state index contributed by atoms with van der Waals surface area (Å²) in [4.78, 5) is 82.3. The number of rotatable bonds is 10. The van der Waals surface area contributed by atoms with Crippen LogP contribution in [-0.2, 0) is 9.59 Å². The minimum atomic E-state index is -0.985. The number of aromatic amines is 1. The lowest BCUT2D eigenvalue weighted by molar-refractivity contribution is -0.136. The Hall–Kier alpha value is -6.12. The average Bonchev–Trinajstić information content (AvgIpc) is 3.93. The molecule has 4 aliphatic rings. The number of ether oxygens (including phenoxy) is 1. The Morgan fingerprint density at radius 2 is 1.67 bits per heavy atom. The highest BCUT2D eigenvalue weighted by molar-refractivity contribution is 6.36. The van der Waals surface area contributed by atoms with Crippen LogP contribution in [0, 0.1) is 5.92 Å². The van der Waals surface area contributed by atoms with Gasteiger partial charge in [0.2, 0.25) is 11.8 Å². The number of carbonyl (C=O) groups is 5. The van der Waals surface area contributed by atoms with Crippen molar-refractivity contribution in [3.8, 4) is 11.5 Å². The summed E-state index contributed by atoms with van der Waals surface area (Å²) in [6.07, 6.45) is 6.15. The largest absolute Gasteiger partial charge is 0.457 e. The van der Waals surface area contributed by atoms with Gasteiger partial charge in [-0.1, -0.05) is 29.8 Å². The lowest BCUT2D eigenvalue weighted by atomic mass is 10.0. The Bertz CT molecular complexity index is 2430. The first-order valence-corrected chi connectivity index (χ1v) is 19.6. The molecule has 0 radical (unpaired) electrons. The molecule has 4 amide bonds. The van der Waals surface area contributed by atoms with Gasteiger partial charge in [0.15, 0.2) is 5.78 Å². The lowest BCUT2D eigenvalue weighted by Crippen LogP contribution is -2.54. The zero-order chi connectivity index (χ0) is 39.2. The quantitative estimate of drug-likeness (QED) is 0.122. The van der Waals surface area contributed by atoms with Crippen molar-refractivity contribution < 1.29 is 28.7 Å². The number of hydrogen-bond donors (Lipinski definition) is 3. The number of ketones is 1. The van der Waals surface area contributed by atoms with Gasteiger partial charge in [-0.05, 0) is 74.1 Å². The van der Waals surface area contributed by atoms with Crippen LogP contribution in [-0.4, -0.2) is 99.0 Å². The second kappa shape index (κ2) is 15.1. The zero-order valence-electron chi connectivity index (χ0n) is 30.9. The van der Waals surface area contributed by atoms with Gasteiger partial charge < -0.3 is 24.8 Å². The molecular weight excluding hydrogens is 748 g/mol. The van der Waals surface area contributed by atoms with Crippen LogP contribution in [0.5, 0.6) is 11.5 Å². The number of aromatic nitrogens is 3. The van der Waals surface area contributed by atoms with E-state index < -0.39 is 29.7 Å². The molecule has 3 aromatic carbocycles. The number of nitrogens with zero attached hydrogens (tertiary/aromatic N) is 5. The van der Waals surface area contributed by atoms with E-state index in [1.165, 1.54) is 6.33 Å². The minimum absolute atomic E-state index is 0.0833. The van der Waals surface area contributed by atoms with Crippen LogP contribution in [0.3, 0.4) is 0 Å². The predicted octanol–water partition coefficient (Wildman–Crippen LogP) is 5.44. The van der Waals surface area contributed by atoms with Gasteiger partial charge in [0.1, 0.15) is 35.3 Å². The van der Waals surface area contributed by atoms with E-state index in [9.17, 15) is 24.0 Å². The number of amides is 4. The molecule has 5 aromatic rings. The third kappa shape index (κ3) is 7.10. The Labute approximate surface area is 332 Å². The molecule has 290 valence electrons. The number of nitrogens with one attached hydrogen (secondary N) is 3. The lowest BCUT2D eigenvalue weighted by Gasteiger charge is -2.34. The standard InChI is InChI=1S/C42H39ClN8O6/c43-33-19-28(57-27-4-2-1-3-5-27)7-9-30(33)37(53)32-20-44-38-36(32)39(46-23-45-38)47-25-13-15-49(16-14-25)21-24-12-17-50(22-24)26-6-8-29-31(18-26)42(56)51(41(29)55)34-10-11-35(52)48-40(34)54/h1-9,18-20,23-25,34H,10-17,21-22H2,(H,48,52,54)(H2,44,45,46,47). The second-order valence-corrected chi connectivity index (χ2v) is 15.4. The molecule has 2 aromatic heterocycles. The van der Waals surface area contributed by atoms with Crippen molar-refractivity contribution in [1.29, 1.82) is 0 Å². The first kappa shape index (κ1) is 36.5. The molecule has 2 atom stereocenters. The number of halogens is 1. The van der Waals surface area contributed by atoms with Crippen LogP contribution in [0.15, 0.2) is 79.3 Å². The van der Waals surface area contributed by atoms with Gasteiger partial charge in [0.05, 0.1) is 27.1 Å². The molecule has 0 aliphatic carbocycles. The third-order valence-corrected chi connectivity index (χ3v) is 11.7. The van der Waals surface area contributed by atoms with Gasteiger partial charge in [-0.25, -0.2) is 9.97 Å². The smallest absolute Gasteiger partial charge is 0.262 e. The van der Waals surface area contributed by atoms with E-state index in [0.29, 0.717) is 51.0 Å². The van der Waals surface area contributed by atoms with Crippen LogP contribution in [0.25, 0.3) is 11.0 Å². The van der Waals surface area contributed by atoms with Crippen molar-refractivity contribution in [2.75, 3.05) is 42.9 Å². The first-order valence-electron chi connectivity index (χ1n) is 19.2. The fourth-order valence-electron chi connectivity index (χ4n) is 8.45. The molecule has 0 spiro atoms. The van der Waals surface area contributed by atoms with E-state index in [1.807, 2.05) is 36.4 Å². The van der Waals surface area contributed by atoms with Gasteiger partial charge in [0.25, 0.3) is 11.8 Å². The van der Waals surface area contributed by atoms with Crippen LogP contribution >= 0.6 is 11.6 Å². The number of imide groups is 2. The van der Waals surface area contributed by atoms with Crippen molar-refractivity contribution in [2.45, 2.75) is 44.2 Å². The Morgan fingerprint density at radius 1 is 0.860 bits per heavy atom. The third-order valence-electron chi connectivity index (χ3n) is 11.4. The van der Waals surface area contributed by atoms with Gasteiger partial charge in [-0.15, -0.1) is 0 Å². The van der Waals surface area contributed by atoms with E-state index in [-0.39, 0.29) is 35.3 Å². The summed E-state index contributed by atoms with van der Waals surface area (Å²) in [7, 11) is 0. The van der Waals surface area contributed by atoms with Gasteiger partial charge in [-0.3, -0.25) is 34.2 Å². The highest BCUT2D eigenvalue weighted by atomic mass is 35.5. The van der Waals surface area contributed by atoms with Crippen LogP contribution in [0.4, 0.5) is 11.5 Å². The number of anilines is 2. The van der Waals surface area contributed by atoms with Crippen LogP contribution in [0.2, 0.25) is 5.02 Å². The molecular formula is C42H39ClN8O6. The maximum atomic E-state index is 13.9. The SMILES string of the molecule is O=C1CCC(N2C(=O)c3ccc(N4CCC(CN5CCC(Nc6ncnc7[nH]cc(C(=O)c8ccc(Oc9ccccc9)cc8Cl)c67)CC5)C4)cc3C2=O)C(=O)N1. The number of fused-ring (bicyclic) bond motifs is 2. The molecule has 3 saturated heterocycles. The summed E-state index contributed by atoms with van der Waals surface area (Å²) in [5.74, 6) is -0.0233. The van der Waals surface area contributed by atoms with E-state index in [2.05, 4.69) is 35.4 Å². The van der Waals surface area contributed by atoms with Crippen molar-refractivity contribution in [2.24, 2.45) is 5.92 Å². The van der Waals surface area contributed by atoms with Crippen molar-refractivity contribution in [3.63, 3.8) is 0 Å². The fraction of sp³-hybridized carbons (Fsp3) is 0.310. The van der Waals surface area contributed by atoms with Gasteiger partial charge >= 0.3 is 0 Å². The van der Waals surface area contributed by atoms with E-state index >= 15 is 0 Å². The Morgan fingerprint density at radius 3 is 2.46 bits per heavy atom. The highest BCUT2D eigenvalue weighted by Crippen LogP contribution is 2.35. The molecule has 3 fully saturated rings. The molecule has 4 aliphatic heterocycles. The zero-order valence-corrected chi connectivity index (χ0v) is 31.6. The van der Waals surface area contributed by atoms with E-state index in [0.717, 1.165) is 62.6 Å². The summed E-state index contributed by atoms with van der Waals surface area (Å²) in [5.41, 5.74) is 2.80. The van der Waals surface area contributed by atoms with Crippen LogP contribution in [0.1, 0.15) is 68.7 Å². The number of H-pyrrole nitrogens is 1. The average molecular weight is 787 g/mol. The number of para-hydroxylation sites is 1. The second-order valence-electron chi connectivity index (χ2n) is 15.0. The molecule has 2 unspecified atom stereocenters. The summed E-state index contributed by atoms with van der Waals surface area (Å²) >= 11 is 6.63. The van der Waals surface area contributed by atoms with Gasteiger partial charge in [-0.2, -0.15) is 0 Å². The highest BCUT2D eigenvalue weighted by Gasteiger charge is 2.45. The number of hydrogen-bond acceptors (Lipinski definition) is 11. The Kier molecular flexibility index (Phi) is 9.66. The molecule has 15 heteroatoms. The summed E-state index contributed by atoms with van der Waals surface area (Å²) in [6.45, 7) is 4.41. The number of likely N-dealkylation sites (tertiary alicyclic amines) is 1. The van der Waals surface area contributed by atoms with E-state index in [1.54, 1.807) is 36.5 Å². The maximum Gasteiger partial charge on any atom is 0.262 e. The fourth-order valence-corrected chi connectivity index (χ4v) is 8.71. The summed E-state index contributed by atoms with van der Waals surface area (Å²) < 4.78 is 5.89.